The molecule has 7 nitrogen and oxygen atoms in total. The van der Waals surface area contributed by atoms with Gasteiger partial charge in [-0.25, -0.2) is 0 Å². The average Bonchev–Trinajstić information content (AvgIpc) is 2.71. The standard InChI is InChI=1S/C21H27N3O4/c1-4-23(5-2)15-18-10-8-7-9-17(18)14-22-21(25)16-11-12-20(28-6-3)19(13-16)24(26)27/h7-13H,4-6,14-15H2,1-3H3,(H,22,25)/p+1. The zero-order valence-corrected chi connectivity index (χ0v) is 16.7. The van der Waals surface area contributed by atoms with Gasteiger partial charge in [0.15, 0.2) is 5.75 Å². The Morgan fingerprint density at radius 2 is 1.79 bits per heavy atom. The number of nitrogens with one attached hydrogen (secondary N) is 2. The molecule has 2 aromatic rings. The third-order valence-corrected chi connectivity index (χ3v) is 4.72. The maximum Gasteiger partial charge on any atom is 0.311 e. The lowest BCUT2D eigenvalue weighted by atomic mass is 10.1. The van der Waals surface area contributed by atoms with Crippen LogP contribution >= 0.6 is 0 Å². The van der Waals surface area contributed by atoms with Gasteiger partial charge in [-0.05, 0) is 38.5 Å². The van der Waals surface area contributed by atoms with E-state index in [1.165, 1.54) is 22.6 Å². The second-order valence-electron chi connectivity index (χ2n) is 6.46. The fourth-order valence-corrected chi connectivity index (χ4v) is 3.03. The highest BCUT2D eigenvalue weighted by molar-refractivity contribution is 5.95. The lowest BCUT2D eigenvalue weighted by Gasteiger charge is -2.18. The van der Waals surface area contributed by atoms with Crippen LogP contribution in [-0.4, -0.2) is 30.5 Å². The number of carbonyl (C=O) groups excluding carboxylic acids is 1. The molecule has 150 valence electrons. The van der Waals surface area contributed by atoms with Gasteiger partial charge in [-0.15, -0.1) is 0 Å². The summed E-state index contributed by atoms with van der Waals surface area (Å²) in [4.78, 5) is 24.7. The summed E-state index contributed by atoms with van der Waals surface area (Å²) >= 11 is 0. The van der Waals surface area contributed by atoms with Gasteiger partial charge in [0.25, 0.3) is 5.91 Å². The Morgan fingerprint density at radius 1 is 1.11 bits per heavy atom. The second-order valence-corrected chi connectivity index (χ2v) is 6.46. The molecule has 2 aromatic carbocycles. The fraction of sp³-hybridized carbons (Fsp3) is 0.381. The van der Waals surface area contributed by atoms with Crippen molar-refractivity contribution in [3.8, 4) is 5.75 Å². The summed E-state index contributed by atoms with van der Waals surface area (Å²) in [7, 11) is 0. The number of nitrogens with zero attached hydrogens (tertiary/aromatic N) is 1. The van der Waals surface area contributed by atoms with Crippen molar-refractivity contribution < 1.29 is 19.4 Å². The summed E-state index contributed by atoms with van der Waals surface area (Å²) in [6, 6.07) is 12.3. The van der Waals surface area contributed by atoms with E-state index < -0.39 is 4.92 Å². The molecule has 0 radical (unpaired) electrons. The maximum atomic E-state index is 12.5. The van der Waals surface area contributed by atoms with Gasteiger partial charge < -0.3 is 15.0 Å². The Morgan fingerprint density at radius 3 is 2.39 bits per heavy atom. The molecule has 0 aliphatic rings. The molecule has 0 aromatic heterocycles. The van der Waals surface area contributed by atoms with Crippen LogP contribution in [0.5, 0.6) is 5.75 Å². The smallest absolute Gasteiger partial charge is 0.311 e. The third kappa shape index (κ3) is 5.53. The fourth-order valence-electron chi connectivity index (χ4n) is 3.03. The van der Waals surface area contributed by atoms with Crippen molar-refractivity contribution >= 4 is 11.6 Å². The van der Waals surface area contributed by atoms with Crippen LogP contribution in [0.1, 0.15) is 42.3 Å². The SMILES string of the molecule is CCOc1ccc(C(=O)NCc2ccccc2C[NH+](CC)CC)cc1[N+](=O)[O-]. The quantitative estimate of drug-likeness (QED) is 0.485. The van der Waals surface area contributed by atoms with E-state index in [4.69, 9.17) is 4.74 Å². The summed E-state index contributed by atoms with van der Waals surface area (Å²) < 4.78 is 5.26. The summed E-state index contributed by atoms with van der Waals surface area (Å²) in [6.45, 7) is 9.72. The van der Waals surface area contributed by atoms with Crippen LogP contribution in [0.4, 0.5) is 5.69 Å². The Labute approximate surface area is 165 Å². The van der Waals surface area contributed by atoms with Crippen LogP contribution in [0.3, 0.4) is 0 Å². The molecular weight excluding hydrogens is 358 g/mol. The number of nitro groups is 1. The zero-order chi connectivity index (χ0) is 20.5. The molecule has 2 N–H and O–H groups in total. The topological polar surface area (TPSA) is 85.9 Å². The van der Waals surface area contributed by atoms with Gasteiger partial charge in [0.1, 0.15) is 6.54 Å². The molecule has 0 fully saturated rings. The van der Waals surface area contributed by atoms with E-state index >= 15 is 0 Å². The number of hydrogen-bond donors (Lipinski definition) is 2. The molecule has 2 rings (SSSR count). The minimum Gasteiger partial charge on any atom is -0.487 e. The minimum absolute atomic E-state index is 0.164. The van der Waals surface area contributed by atoms with Gasteiger partial charge in [-0.2, -0.15) is 0 Å². The lowest BCUT2D eigenvalue weighted by molar-refractivity contribution is -0.910. The predicted molar refractivity (Wildman–Crippen MR) is 108 cm³/mol. The van der Waals surface area contributed by atoms with Gasteiger partial charge in [-0.1, -0.05) is 24.3 Å². The monoisotopic (exact) mass is 386 g/mol. The number of quaternary nitrogens is 1. The molecule has 1 amide bonds. The largest absolute Gasteiger partial charge is 0.487 e. The number of amides is 1. The van der Waals surface area contributed by atoms with Gasteiger partial charge in [-0.3, -0.25) is 14.9 Å². The van der Waals surface area contributed by atoms with Crippen molar-refractivity contribution in [3.63, 3.8) is 0 Å². The molecular formula is C21H28N3O4+. The highest BCUT2D eigenvalue weighted by Crippen LogP contribution is 2.28. The van der Waals surface area contributed by atoms with Crippen molar-refractivity contribution in [1.82, 2.24) is 5.32 Å². The Kier molecular flexibility index (Phi) is 7.95. The zero-order valence-electron chi connectivity index (χ0n) is 16.7. The summed E-state index contributed by atoms with van der Waals surface area (Å²) in [5.41, 5.74) is 2.27. The van der Waals surface area contributed by atoms with E-state index in [0.717, 1.165) is 25.2 Å². The Hall–Kier alpha value is -2.93. The van der Waals surface area contributed by atoms with Gasteiger partial charge in [0.2, 0.25) is 0 Å². The van der Waals surface area contributed by atoms with Crippen LogP contribution in [0.25, 0.3) is 0 Å². The summed E-state index contributed by atoms with van der Waals surface area (Å²) in [5.74, 6) is -0.187. The molecule has 0 atom stereocenters. The van der Waals surface area contributed by atoms with Crippen LogP contribution in [-0.2, 0) is 13.1 Å². The van der Waals surface area contributed by atoms with Crippen LogP contribution in [0.15, 0.2) is 42.5 Å². The molecule has 7 heteroatoms. The Balaban J connectivity index is 2.12. The summed E-state index contributed by atoms with van der Waals surface area (Å²) in [6.07, 6.45) is 0. The first-order valence-corrected chi connectivity index (χ1v) is 9.59. The molecule has 0 saturated heterocycles. The molecule has 28 heavy (non-hydrogen) atoms. The maximum absolute atomic E-state index is 12.5. The molecule has 0 saturated carbocycles. The number of benzene rings is 2. The molecule has 0 aliphatic carbocycles. The van der Waals surface area contributed by atoms with Crippen LogP contribution in [0, 0.1) is 10.1 Å². The highest BCUT2D eigenvalue weighted by atomic mass is 16.6. The van der Waals surface area contributed by atoms with E-state index in [-0.39, 0.29) is 22.9 Å². The van der Waals surface area contributed by atoms with Crippen molar-refractivity contribution in [2.24, 2.45) is 0 Å². The number of carbonyl (C=O) groups is 1. The minimum atomic E-state index is -0.538. The number of ether oxygens (including phenoxy) is 1. The van der Waals surface area contributed by atoms with Gasteiger partial charge >= 0.3 is 5.69 Å². The van der Waals surface area contributed by atoms with E-state index in [1.54, 1.807) is 13.0 Å². The van der Waals surface area contributed by atoms with Crippen LogP contribution < -0.4 is 15.0 Å². The van der Waals surface area contributed by atoms with Crippen molar-refractivity contribution in [3.05, 3.63) is 69.3 Å². The molecule has 0 aliphatic heterocycles. The first-order valence-electron chi connectivity index (χ1n) is 9.59. The predicted octanol–water partition coefficient (Wildman–Crippen LogP) is 2.35. The first-order chi connectivity index (χ1) is 13.5. The van der Waals surface area contributed by atoms with Crippen molar-refractivity contribution in [2.45, 2.75) is 33.9 Å². The first kappa shape index (κ1) is 21.4. The Bertz CT molecular complexity index is 819. The normalized spacial score (nSPS) is 10.7. The van der Waals surface area contributed by atoms with E-state index in [1.807, 2.05) is 18.2 Å². The lowest BCUT2D eigenvalue weighted by Crippen LogP contribution is -3.10. The molecule has 0 heterocycles. The van der Waals surface area contributed by atoms with E-state index in [9.17, 15) is 14.9 Å². The van der Waals surface area contributed by atoms with Gasteiger partial charge in [0.05, 0.1) is 24.6 Å². The second kappa shape index (κ2) is 10.4. The highest BCUT2D eigenvalue weighted by Gasteiger charge is 2.19. The molecule has 0 unspecified atom stereocenters. The number of nitro benzene ring substituents is 1. The van der Waals surface area contributed by atoms with Crippen LogP contribution in [0.2, 0.25) is 0 Å². The third-order valence-electron chi connectivity index (χ3n) is 4.72. The van der Waals surface area contributed by atoms with E-state index in [2.05, 4.69) is 25.2 Å². The molecule has 0 spiro atoms. The average molecular weight is 386 g/mol. The van der Waals surface area contributed by atoms with E-state index in [0.29, 0.717) is 13.2 Å². The molecule has 0 bridgehead atoms. The number of hydrogen-bond acceptors (Lipinski definition) is 4. The van der Waals surface area contributed by atoms with Crippen molar-refractivity contribution in [1.29, 1.82) is 0 Å². The summed E-state index contributed by atoms with van der Waals surface area (Å²) in [5, 5.41) is 14.1. The number of rotatable bonds is 10. The van der Waals surface area contributed by atoms with Crippen molar-refractivity contribution in [2.75, 3.05) is 19.7 Å². The van der Waals surface area contributed by atoms with Gasteiger partial charge in [0, 0.05) is 23.7 Å².